The average molecular weight is 248 g/mol. The lowest BCUT2D eigenvalue weighted by molar-refractivity contribution is -0.136. The fourth-order valence-corrected chi connectivity index (χ4v) is 3.33. The lowest BCUT2D eigenvalue weighted by Gasteiger charge is -2.36. The van der Waals surface area contributed by atoms with Crippen molar-refractivity contribution in [2.24, 2.45) is 7.05 Å². The third-order valence-corrected chi connectivity index (χ3v) is 4.32. The first-order valence-corrected chi connectivity index (χ1v) is 6.89. The van der Waals surface area contributed by atoms with Crippen LogP contribution >= 0.6 is 0 Å². The molecule has 98 valence electrons. The molecule has 5 nitrogen and oxygen atoms in total. The van der Waals surface area contributed by atoms with E-state index < -0.39 is 0 Å². The Kier molecular flexibility index (Phi) is 3.06. The minimum absolute atomic E-state index is 0.334. The predicted octanol–water partition coefficient (Wildman–Crippen LogP) is 1.46. The minimum Gasteiger partial charge on any atom is -0.339 e. The smallest absolute Gasteiger partial charge is 0.222 e. The summed E-state index contributed by atoms with van der Waals surface area (Å²) in [4.78, 5) is 18.5. The van der Waals surface area contributed by atoms with Gasteiger partial charge in [0.1, 0.15) is 12.2 Å². The van der Waals surface area contributed by atoms with E-state index in [1.54, 1.807) is 6.33 Å². The van der Waals surface area contributed by atoms with E-state index in [2.05, 4.69) is 15.0 Å². The van der Waals surface area contributed by atoms with Crippen molar-refractivity contribution in [3.05, 3.63) is 12.2 Å². The highest BCUT2D eigenvalue weighted by Crippen LogP contribution is 2.31. The third-order valence-electron chi connectivity index (χ3n) is 4.32. The van der Waals surface area contributed by atoms with Crippen LogP contribution in [0.3, 0.4) is 0 Å². The van der Waals surface area contributed by atoms with Gasteiger partial charge >= 0.3 is 0 Å². The SMILES string of the molecule is Cn1ncnc1[C@@H]1CCC(=O)N(C2CCCC2)C1. The maximum atomic E-state index is 12.1. The summed E-state index contributed by atoms with van der Waals surface area (Å²) in [6.07, 6.45) is 8.06. The van der Waals surface area contributed by atoms with Crippen LogP contribution in [0.25, 0.3) is 0 Å². The van der Waals surface area contributed by atoms with E-state index in [0.717, 1.165) is 18.8 Å². The Morgan fingerprint density at radius 2 is 2.06 bits per heavy atom. The topological polar surface area (TPSA) is 51.0 Å². The van der Waals surface area contributed by atoms with Crippen LogP contribution in [0.1, 0.15) is 50.3 Å². The fourth-order valence-electron chi connectivity index (χ4n) is 3.33. The molecular weight excluding hydrogens is 228 g/mol. The molecule has 0 unspecified atom stereocenters. The van der Waals surface area contributed by atoms with E-state index in [0.29, 0.717) is 24.3 Å². The zero-order valence-corrected chi connectivity index (χ0v) is 10.9. The number of hydrogen-bond donors (Lipinski definition) is 0. The van der Waals surface area contributed by atoms with Gasteiger partial charge in [0.15, 0.2) is 0 Å². The van der Waals surface area contributed by atoms with Gasteiger partial charge in [-0.15, -0.1) is 0 Å². The zero-order valence-electron chi connectivity index (χ0n) is 10.9. The summed E-state index contributed by atoms with van der Waals surface area (Å²) < 4.78 is 1.84. The maximum absolute atomic E-state index is 12.1. The molecule has 1 amide bonds. The van der Waals surface area contributed by atoms with Crippen LogP contribution in [-0.2, 0) is 11.8 Å². The van der Waals surface area contributed by atoms with Gasteiger partial charge in [0.2, 0.25) is 5.91 Å². The number of aromatic nitrogens is 3. The molecule has 0 bridgehead atoms. The molecule has 2 aliphatic rings. The molecule has 2 fully saturated rings. The van der Waals surface area contributed by atoms with Crippen molar-refractivity contribution >= 4 is 5.91 Å². The largest absolute Gasteiger partial charge is 0.339 e. The number of hydrogen-bond acceptors (Lipinski definition) is 3. The molecule has 18 heavy (non-hydrogen) atoms. The second-order valence-electron chi connectivity index (χ2n) is 5.46. The summed E-state index contributed by atoms with van der Waals surface area (Å²) in [5.41, 5.74) is 0. The number of aryl methyl sites for hydroxylation is 1. The highest BCUT2D eigenvalue weighted by atomic mass is 16.2. The Morgan fingerprint density at radius 1 is 1.28 bits per heavy atom. The van der Waals surface area contributed by atoms with Gasteiger partial charge in [-0.25, -0.2) is 4.98 Å². The summed E-state index contributed by atoms with van der Waals surface area (Å²) in [7, 11) is 1.93. The van der Waals surface area contributed by atoms with Crippen LogP contribution in [0.4, 0.5) is 0 Å². The molecule has 1 aromatic rings. The molecule has 1 aliphatic heterocycles. The molecule has 1 aromatic heterocycles. The second kappa shape index (κ2) is 4.71. The first-order valence-electron chi connectivity index (χ1n) is 6.89. The van der Waals surface area contributed by atoms with Crippen LogP contribution < -0.4 is 0 Å². The average Bonchev–Trinajstić information content (AvgIpc) is 3.01. The standard InChI is InChI=1S/C13H20N4O/c1-16-13(14-9-15-16)10-6-7-12(18)17(8-10)11-4-2-3-5-11/h9-11H,2-8H2,1H3/t10-/m1/s1. The van der Waals surface area contributed by atoms with Crippen LogP contribution in [0, 0.1) is 0 Å². The van der Waals surface area contributed by atoms with Crippen LogP contribution in [0.2, 0.25) is 0 Å². The summed E-state index contributed by atoms with van der Waals surface area (Å²) in [6.45, 7) is 0.829. The van der Waals surface area contributed by atoms with E-state index in [9.17, 15) is 4.79 Å². The molecular formula is C13H20N4O. The summed E-state index contributed by atoms with van der Waals surface area (Å²) in [5, 5.41) is 4.14. The Balaban J connectivity index is 1.75. The minimum atomic E-state index is 0.334. The van der Waals surface area contributed by atoms with Crippen LogP contribution in [-0.4, -0.2) is 38.2 Å². The van der Waals surface area contributed by atoms with Gasteiger partial charge in [-0.1, -0.05) is 12.8 Å². The van der Waals surface area contributed by atoms with Gasteiger partial charge in [0.05, 0.1) is 0 Å². The Hall–Kier alpha value is -1.39. The number of likely N-dealkylation sites (tertiary alicyclic amines) is 1. The highest BCUT2D eigenvalue weighted by Gasteiger charge is 2.34. The Bertz CT molecular complexity index is 436. The van der Waals surface area contributed by atoms with Crippen molar-refractivity contribution < 1.29 is 4.79 Å². The van der Waals surface area contributed by atoms with Gasteiger partial charge in [0.25, 0.3) is 0 Å². The highest BCUT2D eigenvalue weighted by molar-refractivity contribution is 5.77. The first kappa shape index (κ1) is 11.7. The van der Waals surface area contributed by atoms with Crippen LogP contribution in [0.5, 0.6) is 0 Å². The quantitative estimate of drug-likeness (QED) is 0.796. The molecule has 1 saturated heterocycles. The van der Waals surface area contributed by atoms with Gasteiger partial charge in [-0.3, -0.25) is 9.48 Å². The summed E-state index contributed by atoms with van der Waals surface area (Å²) in [6, 6.07) is 0.480. The first-order chi connectivity index (χ1) is 8.75. The molecule has 2 heterocycles. The Morgan fingerprint density at radius 3 is 2.72 bits per heavy atom. The summed E-state index contributed by atoms with van der Waals surface area (Å²) in [5.74, 6) is 1.71. The third kappa shape index (κ3) is 2.02. The van der Waals surface area contributed by atoms with Crippen molar-refractivity contribution in [1.29, 1.82) is 0 Å². The van der Waals surface area contributed by atoms with Gasteiger partial charge in [-0.2, -0.15) is 5.10 Å². The number of piperidine rings is 1. The van der Waals surface area contributed by atoms with Crippen molar-refractivity contribution in [2.75, 3.05) is 6.54 Å². The zero-order chi connectivity index (χ0) is 12.5. The molecule has 1 aliphatic carbocycles. The molecule has 1 atom stereocenters. The molecule has 5 heteroatoms. The molecule has 0 spiro atoms. The number of amides is 1. The number of rotatable bonds is 2. The lowest BCUT2D eigenvalue weighted by Crippen LogP contribution is -2.45. The van der Waals surface area contributed by atoms with E-state index in [1.165, 1.54) is 25.7 Å². The van der Waals surface area contributed by atoms with E-state index in [-0.39, 0.29) is 0 Å². The second-order valence-corrected chi connectivity index (χ2v) is 5.46. The van der Waals surface area contributed by atoms with Gasteiger partial charge in [0, 0.05) is 32.0 Å². The number of carbonyl (C=O) groups excluding carboxylic acids is 1. The van der Waals surface area contributed by atoms with Crippen molar-refractivity contribution in [3.8, 4) is 0 Å². The Labute approximate surface area is 107 Å². The summed E-state index contributed by atoms with van der Waals surface area (Å²) >= 11 is 0. The number of nitrogens with zero attached hydrogens (tertiary/aromatic N) is 4. The van der Waals surface area contributed by atoms with E-state index >= 15 is 0 Å². The van der Waals surface area contributed by atoms with Crippen molar-refractivity contribution in [1.82, 2.24) is 19.7 Å². The monoisotopic (exact) mass is 248 g/mol. The fraction of sp³-hybridized carbons (Fsp3) is 0.769. The van der Waals surface area contributed by atoms with Crippen LogP contribution in [0.15, 0.2) is 6.33 Å². The van der Waals surface area contributed by atoms with Gasteiger partial charge in [-0.05, 0) is 19.3 Å². The molecule has 0 N–H and O–H groups in total. The molecule has 1 saturated carbocycles. The van der Waals surface area contributed by atoms with Crippen molar-refractivity contribution in [3.63, 3.8) is 0 Å². The maximum Gasteiger partial charge on any atom is 0.222 e. The van der Waals surface area contributed by atoms with E-state index in [4.69, 9.17) is 0 Å². The van der Waals surface area contributed by atoms with E-state index in [1.807, 2.05) is 11.7 Å². The van der Waals surface area contributed by atoms with Gasteiger partial charge < -0.3 is 4.90 Å². The number of carbonyl (C=O) groups is 1. The lowest BCUT2D eigenvalue weighted by atomic mass is 9.95. The molecule has 0 radical (unpaired) electrons. The molecule has 3 rings (SSSR count). The predicted molar refractivity (Wildman–Crippen MR) is 66.9 cm³/mol. The van der Waals surface area contributed by atoms with Crippen molar-refractivity contribution in [2.45, 2.75) is 50.5 Å². The normalized spacial score (nSPS) is 25.9. The molecule has 0 aromatic carbocycles.